The highest BCUT2D eigenvalue weighted by Gasteiger charge is 2.17. The molecular formula is C27H42N2O2. The minimum absolute atomic E-state index is 0.336. The van der Waals surface area contributed by atoms with Crippen LogP contribution >= 0.6 is 0 Å². The van der Waals surface area contributed by atoms with Gasteiger partial charge in [-0.25, -0.2) is 9.97 Å². The van der Waals surface area contributed by atoms with Gasteiger partial charge in [0.1, 0.15) is 5.75 Å². The van der Waals surface area contributed by atoms with Crippen molar-refractivity contribution < 1.29 is 9.47 Å². The first-order valence-electron chi connectivity index (χ1n) is 12.2. The molecule has 0 amide bonds. The first kappa shape index (κ1) is 25.2. The predicted octanol–water partition coefficient (Wildman–Crippen LogP) is 7.87. The Morgan fingerprint density at radius 3 is 1.97 bits per heavy atom. The van der Waals surface area contributed by atoms with Crippen molar-refractivity contribution in [3.63, 3.8) is 0 Å². The zero-order valence-electron chi connectivity index (χ0n) is 20.2. The number of benzene rings is 1. The van der Waals surface area contributed by atoms with Gasteiger partial charge in [0.25, 0.3) is 0 Å². The van der Waals surface area contributed by atoms with E-state index in [4.69, 9.17) is 9.47 Å². The van der Waals surface area contributed by atoms with Crippen LogP contribution in [0.5, 0.6) is 11.5 Å². The molecular weight excluding hydrogens is 384 g/mol. The maximum atomic E-state index is 5.96. The van der Waals surface area contributed by atoms with Crippen molar-refractivity contribution in [2.45, 2.75) is 91.9 Å². The zero-order chi connectivity index (χ0) is 22.4. The zero-order valence-corrected chi connectivity index (χ0v) is 20.2. The van der Waals surface area contributed by atoms with E-state index >= 15 is 0 Å². The average molecular weight is 427 g/mol. The van der Waals surface area contributed by atoms with E-state index < -0.39 is 0 Å². The van der Waals surface area contributed by atoms with E-state index in [9.17, 15) is 0 Å². The normalized spacial score (nSPS) is 11.5. The van der Waals surface area contributed by atoms with Crippen molar-refractivity contribution in [3.05, 3.63) is 36.7 Å². The molecule has 1 aromatic heterocycles. The van der Waals surface area contributed by atoms with Gasteiger partial charge >= 0.3 is 0 Å². The molecule has 0 fully saturated rings. The third-order valence-corrected chi connectivity index (χ3v) is 5.76. The summed E-state index contributed by atoms with van der Waals surface area (Å²) in [6.07, 6.45) is 15.9. The first-order valence-corrected chi connectivity index (χ1v) is 12.2. The molecule has 0 aliphatic heterocycles. The Kier molecular flexibility index (Phi) is 11.4. The lowest BCUT2D eigenvalue weighted by Gasteiger charge is -2.24. The van der Waals surface area contributed by atoms with Gasteiger partial charge in [0, 0.05) is 5.56 Å². The highest BCUT2D eigenvalue weighted by molar-refractivity contribution is 5.56. The second kappa shape index (κ2) is 14.1. The van der Waals surface area contributed by atoms with Gasteiger partial charge in [-0.1, -0.05) is 72.6 Å². The summed E-state index contributed by atoms with van der Waals surface area (Å²) in [7, 11) is 0. The third kappa shape index (κ3) is 10.2. The first-order chi connectivity index (χ1) is 15.0. The van der Waals surface area contributed by atoms with Crippen LogP contribution in [0.2, 0.25) is 0 Å². The molecule has 0 N–H and O–H groups in total. The van der Waals surface area contributed by atoms with Crippen LogP contribution in [0.4, 0.5) is 0 Å². The number of rotatable bonds is 16. The topological polar surface area (TPSA) is 44.2 Å². The maximum Gasteiger partial charge on any atom is 0.159 e. The SMILES string of the molecule is CCCCCCCCOc1cnc(-c2ccc(OCCC(C)(C)CCCC)cc2)nc1. The quantitative estimate of drug-likeness (QED) is 0.256. The fourth-order valence-electron chi connectivity index (χ4n) is 3.54. The molecule has 1 aromatic carbocycles. The average Bonchev–Trinajstić information content (AvgIpc) is 2.78. The van der Waals surface area contributed by atoms with Crippen molar-refractivity contribution in [3.8, 4) is 22.9 Å². The molecule has 0 bridgehead atoms. The van der Waals surface area contributed by atoms with E-state index in [1.165, 1.54) is 51.4 Å². The van der Waals surface area contributed by atoms with Crippen LogP contribution in [0.1, 0.15) is 91.9 Å². The highest BCUT2D eigenvalue weighted by Crippen LogP contribution is 2.28. The Morgan fingerprint density at radius 2 is 1.29 bits per heavy atom. The summed E-state index contributed by atoms with van der Waals surface area (Å²) in [5.74, 6) is 2.34. The number of hydrogen-bond acceptors (Lipinski definition) is 4. The summed E-state index contributed by atoms with van der Waals surface area (Å²) >= 11 is 0. The second-order valence-electron chi connectivity index (χ2n) is 9.25. The molecule has 2 rings (SSSR count). The molecule has 172 valence electrons. The molecule has 0 saturated heterocycles. The summed E-state index contributed by atoms with van der Waals surface area (Å²) in [6, 6.07) is 8.04. The molecule has 31 heavy (non-hydrogen) atoms. The minimum Gasteiger partial charge on any atom is -0.494 e. The van der Waals surface area contributed by atoms with Crippen molar-refractivity contribution in [2.24, 2.45) is 5.41 Å². The van der Waals surface area contributed by atoms with Gasteiger partial charge in [-0.05, 0) is 48.9 Å². The van der Waals surface area contributed by atoms with Crippen LogP contribution in [0.25, 0.3) is 11.4 Å². The lowest BCUT2D eigenvalue weighted by molar-refractivity contribution is 0.214. The number of ether oxygens (including phenoxy) is 2. The standard InChI is InChI=1S/C27H42N2O2/c1-5-7-9-10-11-12-19-30-25-21-28-26(29-22-25)23-13-15-24(16-14-23)31-20-18-27(3,4)17-8-6-2/h13-16,21-22H,5-12,17-20H2,1-4H3. The summed E-state index contributed by atoms with van der Waals surface area (Å²) in [5.41, 5.74) is 1.32. The number of aromatic nitrogens is 2. The van der Waals surface area contributed by atoms with E-state index in [2.05, 4.69) is 37.7 Å². The monoisotopic (exact) mass is 426 g/mol. The molecule has 0 spiro atoms. The highest BCUT2D eigenvalue weighted by atomic mass is 16.5. The number of nitrogens with zero attached hydrogens (tertiary/aromatic N) is 2. The summed E-state index contributed by atoms with van der Waals surface area (Å²) in [5, 5.41) is 0. The summed E-state index contributed by atoms with van der Waals surface area (Å²) in [6.45, 7) is 10.6. The Balaban J connectivity index is 1.73. The lowest BCUT2D eigenvalue weighted by Crippen LogP contribution is -2.15. The van der Waals surface area contributed by atoms with E-state index in [0.717, 1.165) is 43.1 Å². The van der Waals surface area contributed by atoms with E-state index in [1.54, 1.807) is 12.4 Å². The Bertz CT molecular complexity index is 711. The molecule has 1 heterocycles. The fourth-order valence-corrected chi connectivity index (χ4v) is 3.54. The van der Waals surface area contributed by atoms with E-state index in [0.29, 0.717) is 11.2 Å². The van der Waals surface area contributed by atoms with Gasteiger partial charge in [-0.15, -0.1) is 0 Å². The Hall–Kier alpha value is -2.10. The molecule has 0 aliphatic rings. The molecule has 4 heteroatoms. The Labute approximate surface area is 189 Å². The van der Waals surface area contributed by atoms with Crippen LogP contribution in [0, 0.1) is 5.41 Å². The molecule has 0 aliphatic carbocycles. The lowest BCUT2D eigenvalue weighted by atomic mass is 9.84. The van der Waals surface area contributed by atoms with Crippen LogP contribution in [0.15, 0.2) is 36.7 Å². The van der Waals surface area contributed by atoms with Crippen LogP contribution < -0.4 is 9.47 Å². The molecule has 0 radical (unpaired) electrons. The fraction of sp³-hybridized carbons (Fsp3) is 0.630. The van der Waals surface area contributed by atoms with Crippen molar-refractivity contribution in [1.82, 2.24) is 9.97 Å². The van der Waals surface area contributed by atoms with Crippen LogP contribution in [0.3, 0.4) is 0 Å². The van der Waals surface area contributed by atoms with Crippen LogP contribution in [-0.2, 0) is 0 Å². The second-order valence-corrected chi connectivity index (χ2v) is 9.25. The molecule has 0 unspecified atom stereocenters. The van der Waals surface area contributed by atoms with Gasteiger partial charge < -0.3 is 9.47 Å². The van der Waals surface area contributed by atoms with Gasteiger partial charge in [0.15, 0.2) is 11.6 Å². The Morgan fingerprint density at radius 1 is 0.677 bits per heavy atom. The number of hydrogen-bond donors (Lipinski definition) is 0. The molecule has 4 nitrogen and oxygen atoms in total. The van der Waals surface area contributed by atoms with Gasteiger partial charge in [0.2, 0.25) is 0 Å². The molecule has 2 aromatic rings. The summed E-state index contributed by atoms with van der Waals surface area (Å²) < 4.78 is 11.7. The largest absolute Gasteiger partial charge is 0.494 e. The van der Waals surface area contributed by atoms with Gasteiger partial charge in [-0.2, -0.15) is 0 Å². The van der Waals surface area contributed by atoms with E-state index in [1.807, 2.05) is 24.3 Å². The smallest absolute Gasteiger partial charge is 0.159 e. The van der Waals surface area contributed by atoms with Crippen molar-refractivity contribution in [2.75, 3.05) is 13.2 Å². The predicted molar refractivity (Wildman–Crippen MR) is 130 cm³/mol. The molecule has 0 saturated carbocycles. The molecule has 0 atom stereocenters. The van der Waals surface area contributed by atoms with Crippen LogP contribution in [-0.4, -0.2) is 23.2 Å². The van der Waals surface area contributed by atoms with E-state index in [-0.39, 0.29) is 0 Å². The van der Waals surface area contributed by atoms with Gasteiger partial charge in [-0.3, -0.25) is 0 Å². The maximum absolute atomic E-state index is 5.96. The third-order valence-electron chi connectivity index (χ3n) is 5.76. The van der Waals surface area contributed by atoms with Gasteiger partial charge in [0.05, 0.1) is 25.6 Å². The van der Waals surface area contributed by atoms with Crippen molar-refractivity contribution in [1.29, 1.82) is 0 Å². The van der Waals surface area contributed by atoms with Crippen molar-refractivity contribution >= 4 is 0 Å². The summed E-state index contributed by atoms with van der Waals surface area (Å²) in [4.78, 5) is 8.93. The minimum atomic E-state index is 0.336. The number of unbranched alkanes of at least 4 members (excludes halogenated alkanes) is 6.